The summed E-state index contributed by atoms with van der Waals surface area (Å²) in [5.74, 6) is 0.185. The Bertz CT molecular complexity index is 618. The van der Waals surface area contributed by atoms with Crippen molar-refractivity contribution in [3.05, 3.63) is 36.1 Å². The molecule has 2 aromatic rings. The molecule has 3 unspecified atom stereocenters. The molecule has 3 rings (SSSR count). The van der Waals surface area contributed by atoms with Gasteiger partial charge in [0.25, 0.3) is 0 Å². The number of furan rings is 1. The van der Waals surface area contributed by atoms with Gasteiger partial charge in [0.15, 0.2) is 0 Å². The van der Waals surface area contributed by atoms with Crippen LogP contribution in [0.5, 0.6) is 0 Å². The van der Waals surface area contributed by atoms with Crippen molar-refractivity contribution in [1.82, 2.24) is 5.32 Å². The van der Waals surface area contributed by atoms with Crippen molar-refractivity contribution in [2.75, 3.05) is 11.5 Å². The lowest BCUT2D eigenvalue weighted by atomic mass is 10.2. The molecule has 1 aliphatic heterocycles. The van der Waals surface area contributed by atoms with Crippen LogP contribution in [0.25, 0.3) is 11.0 Å². The lowest BCUT2D eigenvalue weighted by Crippen LogP contribution is -2.49. The number of carbonyl (C=O) groups is 1. The largest absolute Gasteiger partial charge is 0.480 e. The van der Waals surface area contributed by atoms with E-state index in [4.69, 9.17) is 9.52 Å². The standard InChI is InChI=1S/C13H13NO4S/c15-13(16)10-7-19(17)6-9(14-10)12-5-8-3-1-2-4-11(8)18-12/h1-5,9-10,14H,6-7H2,(H,15,16). The number of para-hydroxylation sites is 1. The van der Waals surface area contributed by atoms with E-state index in [-0.39, 0.29) is 11.8 Å². The lowest BCUT2D eigenvalue weighted by molar-refractivity contribution is -0.139. The molecule has 0 saturated carbocycles. The first-order chi connectivity index (χ1) is 9.13. The Labute approximate surface area is 112 Å². The summed E-state index contributed by atoms with van der Waals surface area (Å²) >= 11 is 0. The van der Waals surface area contributed by atoms with Gasteiger partial charge in [-0.3, -0.25) is 14.3 Å². The summed E-state index contributed by atoms with van der Waals surface area (Å²) in [4.78, 5) is 11.0. The Balaban J connectivity index is 1.92. The molecule has 0 radical (unpaired) electrons. The second-order valence-corrected chi connectivity index (χ2v) is 6.12. The molecule has 3 atom stereocenters. The first-order valence-corrected chi connectivity index (χ1v) is 7.44. The van der Waals surface area contributed by atoms with Gasteiger partial charge in [-0.1, -0.05) is 18.2 Å². The molecule has 1 aliphatic rings. The fraction of sp³-hybridized carbons (Fsp3) is 0.308. The van der Waals surface area contributed by atoms with Gasteiger partial charge in [-0.25, -0.2) is 0 Å². The maximum absolute atomic E-state index is 11.7. The Morgan fingerprint density at radius 1 is 1.37 bits per heavy atom. The third kappa shape index (κ3) is 2.41. The third-order valence-corrected chi connectivity index (χ3v) is 4.60. The summed E-state index contributed by atoms with van der Waals surface area (Å²) in [5, 5.41) is 13.0. The molecule has 0 spiro atoms. The van der Waals surface area contributed by atoms with Crippen molar-refractivity contribution in [2.45, 2.75) is 12.1 Å². The van der Waals surface area contributed by atoms with E-state index in [1.54, 1.807) is 0 Å². The number of aliphatic carboxylic acids is 1. The van der Waals surface area contributed by atoms with Gasteiger partial charge in [0.1, 0.15) is 17.4 Å². The predicted molar refractivity (Wildman–Crippen MR) is 71.4 cm³/mol. The molecule has 2 N–H and O–H groups in total. The van der Waals surface area contributed by atoms with Crippen LogP contribution in [0.4, 0.5) is 0 Å². The van der Waals surface area contributed by atoms with Crippen LogP contribution in [-0.2, 0) is 15.6 Å². The highest BCUT2D eigenvalue weighted by Crippen LogP contribution is 2.26. The molecule has 0 bridgehead atoms. The van der Waals surface area contributed by atoms with Crippen LogP contribution in [0.2, 0.25) is 0 Å². The molecule has 0 aliphatic carbocycles. The smallest absolute Gasteiger partial charge is 0.321 e. The van der Waals surface area contributed by atoms with E-state index in [0.29, 0.717) is 11.5 Å². The second kappa shape index (κ2) is 4.79. The van der Waals surface area contributed by atoms with Crippen molar-refractivity contribution >= 4 is 27.7 Å². The molecule has 100 valence electrons. The predicted octanol–water partition coefficient (Wildman–Crippen LogP) is 1.28. The minimum Gasteiger partial charge on any atom is -0.480 e. The molecule has 1 saturated heterocycles. The molecule has 5 nitrogen and oxygen atoms in total. The minimum absolute atomic E-state index is 0.145. The van der Waals surface area contributed by atoms with Crippen molar-refractivity contribution in [3.8, 4) is 0 Å². The van der Waals surface area contributed by atoms with E-state index in [1.165, 1.54) is 0 Å². The number of benzene rings is 1. The monoisotopic (exact) mass is 279 g/mol. The van der Waals surface area contributed by atoms with Crippen LogP contribution in [0, 0.1) is 0 Å². The van der Waals surface area contributed by atoms with Crippen LogP contribution in [0.1, 0.15) is 11.8 Å². The zero-order valence-corrected chi connectivity index (χ0v) is 10.9. The van der Waals surface area contributed by atoms with Gasteiger partial charge < -0.3 is 9.52 Å². The molecule has 1 aromatic heterocycles. The van der Waals surface area contributed by atoms with Crippen LogP contribution >= 0.6 is 0 Å². The molecule has 2 heterocycles. The molecular formula is C13H13NO4S. The van der Waals surface area contributed by atoms with Crippen molar-refractivity contribution in [2.24, 2.45) is 0 Å². The first-order valence-electron chi connectivity index (χ1n) is 5.96. The minimum atomic E-state index is -1.15. The Hall–Kier alpha value is -1.66. The molecule has 19 heavy (non-hydrogen) atoms. The van der Waals surface area contributed by atoms with E-state index in [0.717, 1.165) is 11.0 Å². The summed E-state index contributed by atoms with van der Waals surface area (Å²) in [6, 6.07) is 8.34. The number of fused-ring (bicyclic) bond motifs is 1. The van der Waals surface area contributed by atoms with Crippen LogP contribution in [0.15, 0.2) is 34.7 Å². The van der Waals surface area contributed by atoms with Gasteiger partial charge in [-0.05, 0) is 12.1 Å². The van der Waals surface area contributed by atoms with Gasteiger partial charge in [0.2, 0.25) is 0 Å². The highest BCUT2D eigenvalue weighted by atomic mass is 32.2. The van der Waals surface area contributed by atoms with Gasteiger partial charge in [-0.15, -0.1) is 0 Å². The van der Waals surface area contributed by atoms with E-state index < -0.39 is 22.8 Å². The second-order valence-electron chi connectivity index (χ2n) is 4.57. The number of hydrogen-bond donors (Lipinski definition) is 2. The van der Waals surface area contributed by atoms with Crippen molar-refractivity contribution in [1.29, 1.82) is 0 Å². The average molecular weight is 279 g/mol. The molecule has 6 heteroatoms. The van der Waals surface area contributed by atoms with Gasteiger partial charge in [-0.2, -0.15) is 0 Å². The third-order valence-electron chi connectivity index (χ3n) is 3.19. The molecular weight excluding hydrogens is 266 g/mol. The van der Waals surface area contributed by atoms with E-state index in [1.807, 2.05) is 30.3 Å². The molecule has 0 amide bonds. The fourth-order valence-corrected chi connectivity index (χ4v) is 3.64. The van der Waals surface area contributed by atoms with E-state index >= 15 is 0 Å². The number of hydrogen-bond acceptors (Lipinski definition) is 4. The van der Waals surface area contributed by atoms with Crippen LogP contribution in [-0.4, -0.2) is 32.8 Å². The zero-order valence-electron chi connectivity index (χ0n) is 10.0. The summed E-state index contributed by atoms with van der Waals surface area (Å²) in [6.45, 7) is 0. The van der Waals surface area contributed by atoms with Gasteiger partial charge >= 0.3 is 5.97 Å². The average Bonchev–Trinajstić information content (AvgIpc) is 2.81. The summed E-state index contributed by atoms with van der Waals surface area (Å²) in [7, 11) is -1.15. The molecule has 1 aromatic carbocycles. The van der Waals surface area contributed by atoms with E-state index in [2.05, 4.69) is 5.32 Å². The van der Waals surface area contributed by atoms with Gasteiger partial charge in [0.05, 0.1) is 6.04 Å². The highest BCUT2D eigenvalue weighted by molar-refractivity contribution is 7.85. The SMILES string of the molecule is O=C(O)C1CS(=O)CC(c2cc3ccccc3o2)N1. The maximum atomic E-state index is 11.7. The Morgan fingerprint density at radius 2 is 2.16 bits per heavy atom. The van der Waals surface area contributed by atoms with Gasteiger partial charge in [0, 0.05) is 27.7 Å². The summed E-state index contributed by atoms with van der Waals surface area (Å²) in [6.07, 6.45) is 0. The number of carboxylic acid groups (broad SMARTS) is 1. The highest BCUT2D eigenvalue weighted by Gasteiger charge is 2.32. The van der Waals surface area contributed by atoms with Crippen molar-refractivity contribution < 1.29 is 18.5 Å². The van der Waals surface area contributed by atoms with E-state index in [9.17, 15) is 9.00 Å². The Morgan fingerprint density at radius 3 is 2.89 bits per heavy atom. The van der Waals surface area contributed by atoms with Crippen LogP contribution in [0.3, 0.4) is 0 Å². The topological polar surface area (TPSA) is 79.5 Å². The molecule has 1 fully saturated rings. The fourth-order valence-electron chi connectivity index (χ4n) is 2.26. The summed E-state index contributed by atoms with van der Waals surface area (Å²) < 4.78 is 17.4. The first kappa shape index (κ1) is 12.4. The number of rotatable bonds is 2. The van der Waals surface area contributed by atoms with Crippen molar-refractivity contribution in [3.63, 3.8) is 0 Å². The van der Waals surface area contributed by atoms with Crippen LogP contribution < -0.4 is 5.32 Å². The maximum Gasteiger partial charge on any atom is 0.321 e. The quantitative estimate of drug-likeness (QED) is 0.865. The lowest BCUT2D eigenvalue weighted by Gasteiger charge is -2.26. The Kier molecular flexibility index (Phi) is 3.12. The normalized spacial score (nSPS) is 27.5. The summed E-state index contributed by atoms with van der Waals surface area (Å²) in [5.41, 5.74) is 0.752. The number of nitrogens with one attached hydrogen (secondary N) is 1. The zero-order chi connectivity index (χ0) is 13.4. The number of carboxylic acids is 1.